The minimum absolute atomic E-state index is 0.170. The summed E-state index contributed by atoms with van der Waals surface area (Å²) < 4.78 is 5.15. The third-order valence-corrected chi connectivity index (χ3v) is 3.17. The highest BCUT2D eigenvalue weighted by atomic mass is 16.5. The van der Waals surface area contributed by atoms with Gasteiger partial charge in [0.05, 0.1) is 13.2 Å². The van der Waals surface area contributed by atoms with Crippen LogP contribution in [0, 0.1) is 5.92 Å². The SMILES string of the molecule is CCNC(C)(CO)CCN(CCOC)CC(C)C. The molecule has 0 aromatic carbocycles. The number of hydrogen-bond acceptors (Lipinski definition) is 4. The predicted octanol–water partition coefficient (Wildman–Crippen LogP) is 1.34. The largest absolute Gasteiger partial charge is 0.394 e. The molecule has 18 heavy (non-hydrogen) atoms. The highest BCUT2D eigenvalue weighted by molar-refractivity contribution is 4.83. The first kappa shape index (κ1) is 17.8. The molecule has 0 aromatic rings. The molecule has 0 amide bonds. The highest BCUT2D eigenvalue weighted by Gasteiger charge is 2.22. The lowest BCUT2D eigenvalue weighted by Crippen LogP contribution is -2.48. The van der Waals surface area contributed by atoms with Gasteiger partial charge < -0.3 is 20.1 Å². The Morgan fingerprint density at radius 2 is 2.00 bits per heavy atom. The van der Waals surface area contributed by atoms with Crippen LogP contribution in [-0.4, -0.2) is 62.0 Å². The highest BCUT2D eigenvalue weighted by Crippen LogP contribution is 2.11. The normalized spacial score (nSPS) is 15.3. The fourth-order valence-corrected chi connectivity index (χ4v) is 2.09. The molecule has 0 spiro atoms. The number of likely N-dealkylation sites (N-methyl/N-ethyl adjacent to an activating group) is 1. The van der Waals surface area contributed by atoms with E-state index in [1.807, 2.05) is 0 Å². The molecule has 0 aromatic heterocycles. The number of aliphatic hydroxyl groups excluding tert-OH is 1. The average molecular weight is 260 g/mol. The lowest BCUT2D eigenvalue weighted by molar-refractivity contribution is 0.115. The molecule has 4 heteroatoms. The van der Waals surface area contributed by atoms with E-state index in [0.29, 0.717) is 5.92 Å². The van der Waals surface area contributed by atoms with Crippen molar-refractivity contribution in [2.24, 2.45) is 5.92 Å². The average Bonchev–Trinajstić information content (AvgIpc) is 2.32. The van der Waals surface area contributed by atoms with E-state index in [2.05, 4.69) is 37.9 Å². The standard InChI is InChI=1S/C14H32N2O2/c1-6-15-14(4,12-17)7-8-16(9-10-18-5)11-13(2)3/h13,15,17H,6-12H2,1-5H3. The second-order valence-electron chi connectivity index (χ2n) is 5.69. The minimum atomic E-state index is -0.170. The van der Waals surface area contributed by atoms with Crippen molar-refractivity contribution < 1.29 is 9.84 Å². The number of nitrogens with one attached hydrogen (secondary N) is 1. The predicted molar refractivity (Wildman–Crippen MR) is 76.9 cm³/mol. The molecule has 0 saturated heterocycles. The topological polar surface area (TPSA) is 44.7 Å². The molecule has 4 nitrogen and oxygen atoms in total. The maximum absolute atomic E-state index is 9.48. The van der Waals surface area contributed by atoms with Gasteiger partial charge in [0.25, 0.3) is 0 Å². The van der Waals surface area contributed by atoms with Gasteiger partial charge in [-0.2, -0.15) is 0 Å². The number of hydrogen-bond donors (Lipinski definition) is 2. The van der Waals surface area contributed by atoms with E-state index in [-0.39, 0.29) is 12.1 Å². The molecule has 0 heterocycles. The number of methoxy groups -OCH3 is 1. The Balaban J connectivity index is 4.20. The third kappa shape index (κ3) is 8.03. The first-order valence-electron chi connectivity index (χ1n) is 7.04. The molecular formula is C14H32N2O2. The van der Waals surface area contributed by atoms with Gasteiger partial charge in [-0.3, -0.25) is 0 Å². The Labute approximate surface area is 113 Å². The van der Waals surface area contributed by atoms with E-state index in [4.69, 9.17) is 4.74 Å². The molecule has 0 saturated carbocycles. The first-order valence-corrected chi connectivity index (χ1v) is 7.04. The molecule has 1 unspecified atom stereocenters. The Kier molecular flexibility index (Phi) is 9.64. The van der Waals surface area contributed by atoms with E-state index >= 15 is 0 Å². The summed E-state index contributed by atoms with van der Waals surface area (Å²) in [5.41, 5.74) is -0.170. The van der Waals surface area contributed by atoms with Gasteiger partial charge >= 0.3 is 0 Å². The zero-order chi connectivity index (χ0) is 14.0. The molecule has 0 aliphatic carbocycles. The summed E-state index contributed by atoms with van der Waals surface area (Å²) in [5.74, 6) is 0.654. The van der Waals surface area contributed by atoms with Crippen LogP contribution in [0.15, 0.2) is 0 Å². The molecule has 0 fully saturated rings. The van der Waals surface area contributed by atoms with Crippen molar-refractivity contribution in [3.63, 3.8) is 0 Å². The zero-order valence-corrected chi connectivity index (χ0v) is 12.8. The van der Waals surface area contributed by atoms with Crippen molar-refractivity contribution in [3.8, 4) is 0 Å². The van der Waals surface area contributed by atoms with Crippen molar-refractivity contribution in [3.05, 3.63) is 0 Å². The Hall–Kier alpha value is -0.160. The maximum atomic E-state index is 9.48. The van der Waals surface area contributed by atoms with Gasteiger partial charge in [0, 0.05) is 32.3 Å². The van der Waals surface area contributed by atoms with E-state index in [1.165, 1.54) is 0 Å². The van der Waals surface area contributed by atoms with Gasteiger partial charge in [-0.1, -0.05) is 20.8 Å². The number of nitrogens with zero attached hydrogens (tertiary/aromatic N) is 1. The van der Waals surface area contributed by atoms with Crippen LogP contribution in [-0.2, 0) is 4.74 Å². The molecular weight excluding hydrogens is 228 g/mol. The van der Waals surface area contributed by atoms with E-state index < -0.39 is 0 Å². The minimum Gasteiger partial charge on any atom is -0.394 e. The second-order valence-corrected chi connectivity index (χ2v) is 5.69. The Bertz CT molecular complexity index is 200. The monoisotopic (exact) mass is 260 g/mol. The van der Waals surface area contributed by atoms with Crippen LogP contribution in [0.1, 0.15) is 34.1 Å². The van der Waals surface area contributed by atoms with Gasteiger partial charge in [-0.15, -0.1) is 0 Å². The van der Waals surface area contributed by atoms with E-state index in [0.717, 1.165) is 39.2 Å². The quantitative estimate of drug-likeness (QED) is 0.588. The Morgan fingerprint density at radius 3 is 2.44 bits per heavy atom. The fraction of sp³-hybridized carbons (Fsp3) is 1.00. The summed E-state index contributed by atoms with van der Waals surface area (Å²) in [6, 6.07) is 0. The fourth-order valence-electron chi connectivity index (χ4n) is 2.09. The first-order chi connectivity index (χ1) is 8.47. The van der Waals surface area contributed by atoms with Crippen molar-refractivity contribution in [2.45, 2.75) is 39.7 Å². The smallest absolute Gasteiger partial charge is 0.0611 e. The second kappa shape index (κ2) is 9.73. The van der Waals surface area contributed by atoms with Gasteiger partial charge in [0.2, 0.25) is 0 Å². The number of rotatable bonds is 11. The van der Waals surface area contributed by atoms with E-state index in [9.17, 15) is 5.11 Å². The molecule has 0 rings (SSSR count). The van der Waals surface area contributed by atoms with Crippen LogP contribution in [0.2, 0.25) is 0 Å². The van der Waals surface area contributed by atoms with Gasteiger partial charge in [0.1, 0.15) is 0 Å². The molecule has 0 aliphatic rings. The van der Waals surface area contributed by atoms with Crippen LogP contribution >= 0.6 is 0 Å². The van der Waals surface area contributed by atoms with Gasteiger partial charge in [-0.25, -0.2) is 0 Å². The van der Waals surface area contributed by atoms with Crippen molar-refractivity contribution in [1.82, 2.24) is 10.2 Å². The van der Waals surface area contributed by atoms with Crippen molar-refractivity contribution in [1.29, 1.82) is 0 Å². The van der Waals surface area contributed by atoms with Crippen LogP contribution in [0.5, 0.6) is 0 Å². The molecule has 0 aliphatic heterocycles. The molecule has 110 valence electrons. The van der Waals surface area contributed by atoms with Crippen molar-refractivity contribution in [2.75, 3.05) is 46.5 Å². The summed E-state index contributed by atoms with van der Waals surface area (Å²) in [7, 11) is 1.74. The summed E-state index contributed by atoms with van der Waals surface area (Å²) >= 11 is 0. The number of aliphatic hydroxyl groups is 1. The van der Waals surface area contributed by atoms with Crippen LogP contribution in [0.4, 0.5) is 0 Å². The van der Waals surface area contributed by atoms with Crippen molar-refractivity contribution >= 4 is 0 Å². The summed E-state index contributed by atoms with van der Waals surface area (Å²) in [4.78, 5) is 2.42. The van der Waals surface area contributed by atoms with E-state index in [1.54, 1.807) is 7.11 Å². The molecule has 1 atom stereocenters. The summed E-state index contributed by atoms with van der Waals surface area (Å²) in [6.45, 7) is 13.5. The maximum Gasteiger partial charge on any atom is 0.0611 e. The molecule has 0 bridgehead atoms. The van der Waals surface area contributed by atoms with Gasteiger partial charge in [-0.05, 0) is 25.8 Å². The molecule has 2 N–H and O–H groups in total. The third-order valence-electron chi connectivity index (χ3n) is 3.17. The summed E-state index contributed by atoms with van der Waals surface area (Å²) in [6.07, 6.45) is 0.952. The lowest BCUT2D eigenvalue weighted by Gasteiger charge is -2.32. The Morgan fingerprint density at radius 1 is 1.33 bits per heavy atom. The lowest BCUT2D eigenvalue weighted by atomic mass is 9.98. The molecule has 0 radical (unpaired) electrons. The zero-order valence-electron chi connectivity index (χ0n) is 12.8. The number of ether oxygens (including phenoxy) is 1. The van der Waals surface area contributed by atoms with Crippen LogP contribution in [0.25, 0.3) is 0 Å². The van der Waals surface area contributed by atoms with Crippen LogP contribution < -0.4 is 5.32 Å². The summed E-state index contributed by atoms with van der Waals surface area (Å²) in [5, 5.41) is 12.8. The van der Waals surface area contributed by atoms with Gasteiger partial charge in [0.15, 0.2) is 0 Å². The van der Waals surface area contributed by atoms with Crippen LogP contribution in [0.3, 0.4) is 0 Å².